The average Bonchev–Trinajstić information content (AvgIpc) is 2.41. The van der Waals surface area contributed by atoms with E-state index in [0.717, 1.165) is 24.2 Å². The van der Waals surface area contributed by atoms with Gasteiger partial charge in [0.2, 0.25) is 0 Å². The first-order valence-electron chi connectivity index (χ1n) is 7.42. The van der Waals surface area contributed by atoms with E-state index in [2.05, 4.69) is 28.4 Å². The summed E-state index contributed by atoms with van der Waals surface area (Å²) in [5.41, 5.74) is 1.34. The molecule has 0 aromatic heterocycles. The summed E-state index contributed by atoms with van der Waals surface area (Å²) < 4.78 is 0. The van der Waals surface area contributed by atoms with Crippen molar-refractivity contribution < 1.29 is 0 Å². The zero-order valence-corrected chi connectivity index (χ0v) is 12.6. The summed E-state index contributed by atoms with van der Waals surface area (Å²) in [5, 5.41) is 4.09. The minimum Gasteiger partial charge on any atom is -0.320 e. The van der Waals surface area contributed by atoms with Crippen molar-refractivity contribution in [1.29, 1.82) is 0 Å². The summed E-state index contributed by atoms with van der Waals surface area (Å²) in [7, 11) is 2.03. The lowest BCUT2D eigenvalue weighted by atomic mass is 9.97. The fourth-order valence-electron chi connectivity index (χ4n) is 2.98. The number of hydrogen-bond donors (Lipinski definition) is 1. The summed E-state index contributed by atoms with van der Waals surface area (Å²) >= 11 is 6.07. The topological polar surface area (TPSA) is 15.3 Å². The van der Waals surface area contributed by atoms with E-state index in [9.17, 15) is 0 Å². The predicted octanol–water partition coefficient (Wildman–Crippen LogP) is 3.69. The zero-order valence-electron chi connectivity index (χ0n) is 11.9. The standard InChI is InChI=1S/C16H25ClN2/c1-18-10-5-9-16-8-2-3-11-19(16)13-14-6-4-7-15(17)12-14/h4,6-7,12,16,18H,2-3,5,8-11,13H2,1H3. The van der Waals surface area contributed by atoms with Crippen molar-refractivity contribution in [2.75, 3.05) is 20.1 Å². The van der Waals surface area contributed by atoms with Gasteiger partial charge in [-0.15, -0.1) is 0 Å². The Kier molecular flexibility index (Phi) is 6.15. The fraction of sp³-hybridized carbons (Fsp3) is 0.625. The van der Waals surface area contributed by atoms with Crippen molar-refractivity contribution in [2.24, 2.45) is 0 Å². The average molecular weight is 281 g/mol. The molecule has 0 saturated carbocycles. The fourth-order valence-corrected chi connectivity index (χ4v) is 3.19. The Morgan fingerprint density at radius 3 is 3.05 bits per heavy atom. The van der Waals surface area contributed by atoms with Gasteiger partial charge in [0.1, 0.15) is 0 Å². The molecule has 0 spiro atoms. The number of rotatable bonds is 6. The molecule has 1 N–H and O–H groups in total. The van der Waals surface area contributed by atoms with Gasteiger partial charge in [-0.1, -0.05) is 30.2 Å². The minimum absolute atomic E-state index is 0.751. The van der Waals surface area contributed by atoms with Gasteiger partial charge < -0.3 is 5.32 Å². The van der Waals surface area contributed by atoms with Gasteiger partial charge in [-0.25, -0.2) is 0 Å². The van der Waals surface area contributed by atoms with E-state index in [-0.39, 0.29) is 0 Å². The highest BCUT2D eigenvalue weighted by atomic mass is 35.5. The Bertz CT molecular complexity index is 381. The van der Waals surface area contributed by atoms with Gasteiger partial charge in [0, 0.05) is 17.6 Å². The molecule has 2 rings (SSSR count). The lowest BCUT2D eigenvalue weighted by Crippen LogP contribution is -2.39. The molecule has 0 bridgehead atoms. The van der Waals surface area contributed by atoms with Crippen LogP contribution in [0.4, 0.5) is 0 Å². The van der Waals surface area contributed by atoms with Crippen LogP contribution in [-0.4, -0.2) is 31.1 Å². The predicted molar refractivity (Wildman–Crippen MR) is 82.7 cm³/mol. The summed E-state index contributed by atoms with van der Waals surface area (Å²) in [6.45, 7) is 3.41. The molecule has 0 radical (unpaired) electrons. The second-order valence-corrected chi connectivity index (χ2v) is 5.93. The molecule has 1 heterocycles. The van der Waals surface area contributed by atoms with Crippen molar-refractivity contribution in [3.05, 3.63) is 34.9 Å². The van der Waals surface area contributed by atoms with Crippen LogP contribution in [0.5, 0.6) is 0 Å². The largest absolute Gasteiger partial charge is 0.320 e. The monoisotopic (exact) mass is 280 g/mol. The van der Waals surface area contributed by atoms with E-state index in [4.69, 9.17) is 11.6 Å². The molecule has 2 nitrogen and oxygen atoms in total. The molecular formula is C16H25ClN2. The lowest BCUT2D eigenvalue weighted by Gasteiger charge is -2.36. The molecule has 106 valence electrons. The van der Waals surface area contributed by atoms with Crippen LogP contribution in [0.3, 0.4) is 0 Å². The highest BCUT2D eigenvalue weighted by Gasteiger charge is 2.21. The Hall–Kier alpha value is -0.570. The number of benzene rings is 1. The van der Waals surface area contributed by atoms with Gasteiger partial charge in [-0.2, -0.15) is 0 Å². The van der Waals surface area contributed by atoms with Gasteiger partial charge >= 0.3 is 0 Å². The molecule has 1 aliphatic rings. The van der Waals surface area contributed by atoms with Crippen LogP contribution in [0.15, 0.2) is 24.3 Å². The van der Waals surface area contributed by atoms with E-state index in [1.165, 1.54) is 44.2 Å². The molecule has 0 amide bonds. The third kappa shape index (κ3) is 4.79. The zero-order chi connectivity index (χ0) is 13.5. The molecule has 0 aliphatic carbocycles. The molecule has 1 atom stereocenters. The quantitative estimate of drug-likeness (QED) is 0.800. The van der Waals surface area contributed by atoms with Crippen molar-refractivity contribution in [1.82, 2.24) is 10.2 Å². The highest BCUT2D eigenvalue weighted by Crippen LogP contribution is 2.23. The normalized spacial score (nSPS) is 20.6. The maximum Gasteiger partial charge on any atom is 0.0409 e. The van der Waals surface area contributed by atoms with Crippen LogP contribution in [0.2, 0.25) is 5.02 Å². The van der Waals surface area contributed by atoms with Crippen LogP contribution in [0.25, 0.3) is 0 Å². The molecule has 1 unspecified atom stereocenters. The third-order valence-electron chi connectivity index (χ3n) is 3.99. The maximum absolute atomic E-state index is 6.07. The number of piperidine rings is 1. The van der Waals surface area contributed by atoms with Crippen molar-refractivity contribution in [3.8, 4) is 0 Å². The van der Waals surface area contributed by atoms with E-state index in [1.807, 2.05) is 13.1 Å². The number of likely N-dealkylation sites (tertiary alicyclic amines) is 1. The maximum atomic E-state index is 6.07. The first-order chi connectivity index (χ1) is 9.29. The Morgan fingerprint density at radius 2 is 2.26 bits per heavy atom. The van der Waals surface area contributed by atoms with Crippen molar-refractivity contribution in [2.45, 2.75) is 44.7 Å². The molecule has 1 saturated heterocycles. The van der Waals surface area contributed by atoms with Crippen molar-refractivity contribution >= 4 is 11.6 Å². The summed E-state index contributed by atoms with van der Waals surface area (Å²) in [6, 6.07) is 9.04. The highest BCUT2D eigenvalue weighted by molar-refractivity contribution is 6.30. The van der Waals surface area contributed by atoms with Crippen molar-refractivity contribution in [3.63, 3.8) is 0 Å². The van der Waals surface area contributed by atoms with Gasteiger partial charge in [0.25, 0.3) is 0 Å². The number of hydrogen-bond acceptors (Lipinski definition) is 2. The summed E-state index contributed by atoms with van der Waals surface area (Å²) in [4.78, 5) is 2.64. The number of halogens is 1. The van der Waals surface area contributed by atoms with Crippen LogP contribution in [-0.2, 0) is 6.54 Å². The molecule has 3 heteroatoms. The van der Waals surface area contributed by atoms with E-state index < -0.39 is 0 Å². The number of nitrogens with one attached hydrogen (secondary N) is 1. The molecule has 1 fully saturated rings. The molecule has 1 aliphatic heterocycles. The molecule has 19 heavy (non-hydrogen) atoms. The Morgan fingerprint density at radius 1 is 1.37 bits per heavy atom. The second-order valence-electron chi connectivity index (χ2n) is 5.50. The SMILES string of the molecule is CNCCCC1CCCCN1Cc1cccc(Cl)c1. The van der Waals surface area contributed by atoms with Gasteiger partial charge in [-0.3, -0.25) is 4.90 Å². The van der Waals surface area contributed by atoms with Crippen LogP contribution < -0.4 is 5.32 Å². The van der Waals surface area contributed by atoms with E-state index in [0.29, 0.717) is 0 Å². The van der Waals surface area contributed by atoms with Gasteiger partial charge in [0.05, 0.1) is 0 Å². The second kappa shape index (κ2) is 7.88. The molecular weight excluding hydrogens is 256 g/mol. The molecule has 1 aromatic rings. The number of nitrogens with zero attached hydrogens (tertiary/aromatic N) is 1. The van der Waals surface area contributed by atoms with E-state index in [1.54, 1.807) is 0 Å². The van der Waals surface area contributed by atoms with Crippen LogP contribution in [0.1, 0.15) is 37.7 Å². The van der Waals surface area contributed by atoms with Crippen LogP contribution in [0, 0.1) is 0 Å². The summed E-state index contributed by atoms with van der Waals surface area (Å²) in [6.07, 6.45) is 6.65. The Labute approximate surface area is 122 Å². The van der Waals surface area contributed by atoms with E-state index >= 15 is 0 Å². The third-order valence-corrected chi connectivity index (χ3v) is 4.22. The Balaban J connectivity index is 1.91. The van der Waals surface area contributed by atoms with Crippen LogP contribution >= 0.6 is 11.6 Å². The lowest BCUT2D eigenvalue weighted by molar-refractivity contribution is 0.130. The smallest absolute Gasteiger partial charge is 0.0409 e. The molecule has 1 aromatic carbocycles. The van der Waals surface area contributed by atoms with Gasteiger partial charge in [-0.05, 0) is 63.5 Å². The van der Waals surface area contributed by atoms with Gasteiger partial charge in [0.15, 0.2) is 0 Å². The first-order valence-corrected chi connectivity index (χ1v) is 7.80. The minimum atomic E-state index is 0.751. The summed E-state index contributed by atoms with van der Waals surface area (Å²) in [5.74, 6) is 0. The first kappa shape index (κ1) is 14.8.